The molecule has 0 fully saturated rings. The van der Waals surface area contributed by atoms with E-state index in [1.165, 1.54) is 60.7 Å². The second-order valence-electron chi connectivity index (χ2n) is 8.24. The number of carbonyl (C=O) groups excluding carboxylic acids is 2. The Morgan fingerprint density at radius 1 is 1.00 bits per heavy atom. The molecule has 206 valence electrons. The molecule has 0 heterocycles. The number of anilines is 1. The van der Waals surface area contributed by atoms with Gasteiger partial charge in [-0.2, -0.15) is 0 Å². The molecule has 14 heteroatoms. The third-order valence-electron chi connectivity index (χ3n) is 5.34. The number of nitrogens with one attached hydrogen (secondary N) is 2. The zero-order valence-corrected chi connectivity index (χ0v) is 21.5. The Hall–Kier alpha value is -5.30. The van der Waals surface area contributed by atoms with Gasteiger partial charge in [0.25, 0.3) is 0 Å². The molecule has 13 nitrogen and oxygen atoms in total. The van der Waals surface area contributed by atoms with E-state index in [1.54, 1.807) is 6.07 Å². The van der Waals surface area contributed by atoms with E-state index in [0.29, 0.717) is 16.8 Å². The molecule has 40 heavy (non-hydrogen) atoms. The maximum absolute atomic E-state index is 13.0. The molecule has 0 bridgehead atoms. The minimum absolute atomic E-state index is 0.0105. The van der Waals surface area contributed by atoms with Crippen molar-refractivity contribution in [1.29, 1.82) is 5.41 Å². The molecular formula is C26H23ClN6O7. The quantitative estimate of drug-likeness (QED) is 0.0461. The van der Waals surface area contributed by atoms with Crippen molar-refractivity contribution in [2.24, 2.45) is 16.2 Å². The number of benzene rings is 3. The van der Waals surface area contributed by atoms with Crippen LogP contribution in [0.3, 0.4) is 0 Å². The lowest BCUT2D eigenvalue weighted by molar-refractivity contribution is -0.144. The van der Waals surface area contributed by atoms with Gasteiger partial charge in [-0.15, -0.1) is 0 Å². The third kappa shape index (κ3) is 8.36. The maximum Gasteiger partial charge on any atom is 0.343 e. The third-order valence-corrected chi connectivity index (χ3v) is 5.70. The minimum atomic E-state index is -1.24. The summed E-state index contributed by atoms with van der Waals surface area (Å²) < 4.78 is 5.35. The van der Waals surface area contributed by atoms with Gasteiger partial charge in [0.1, 0.15) is 12.3 Å². The highest BCUT2D eigenvalue weighted by Gasteiger charge is 2.20. The fraction of sp³-hybridized carbons (Fsp3) is 0.115. The lowest BCUT2D eigenvalue weighted by atomic mass is 10.1. The standard InChI is InChI=1S/C26H23ClN6O7/c27-21-12-20(40-25(39)16-4-7-19(8-5-16)30-26(28)31-32-29)9-6-17(21)11-22(34)33(14-23(35)36)13-15-2-1-3-18(10-15)24(37)38/h1-10,12H,11,13-14H2,(H,35,36)(H,37,38)(H4,28,29,30,31). The Morgan fingerprint density at radius 3 is 2.35 bits per heavy atom. The number of ether oxygens (including phenoxy) is 1. The van der Waals surface area contributed by atoms with Crippen LogP contribution in [0.15, 0.2) is 77.1 Å². The van der Waals surface area contributed by atoms with Crippen LogP contribution < -0.4 is 15.9 Å². The van der Waals surface area contributed by atoms with Gasteiger partial charge in [0.15, 0.2) is 0 Å². The SMILES string of the molecule is N=C(N=NN)Nc1ccc(C(=O)Oc2ccc(CC(=O)N(CC(=O)O)Cc3cccc(C(=O)O)c3)c(Cl)c2)cc1. The maximum atomic E-state index is 13.0. The Kier molecular flexibility index (Phi) is 9.86. The smallest absolute Gasteiger partial charge is 0.343 e. The number of carboxylic acids is 2. The van der Waals surface area contributed by atoms with E-state index >= 15 is 0 Å². The molecule has 0 aliphatic heterocycles. The fourth-order valence-electron chi connectivity index (χ4n) is 3.50. The Morgan fingerprint density at radius 2 is 1.73 bits per heavy atom. The average Bonchev–Trinajstić information content (AvgIpc) is 2.90. The number of aromatic carboxylic acids is 1. The molecule has 3 rings (SSSR count). The molecule has 6 N–H and O–H groups in total. The molecule has 0 spiro atoms. The predicted molar refractivity (Wildman–Crippen MR) is 143 cm³/mol. The summed E-state index contributed by atoms with van der Waals surface area (Å²) >= 11 is 6.33. The van der Waals surface area contributed by atoms with Gasteiger partial charge in [0.2, 0.25) is 11.9 Å². The Balaban J connectivity index is 1.67. The molecular weight excluding hydrogens is 544 g/mol. The van der Waals surface area contributed by atoms with Crippen LogP contribution in [0.25, 0.3) is 0 Å². The molecule has 0 saturated heterocycles. The summed E-state index contributed by atoms with van der Waals surface area (Å²) in [5.74, 6) is 1.10. The molecule has 3 aromatic carbocycles. The Labute approximate surface area is 232 Å². The van der Waals surface area contributed by atoms with Crippen molar-refractivity contribution < 1.29 is 34.1 Å². The van der Waals surface area contributed by atoms with Crippen LogP contribution in [-0.4, -0.2) is 51.4 Å². The molecule has 0 atom stereocenters. The van der Waals surface area contributed by atoms with E-state index in [2.05, 4.69) is 15.7 Å². The van der Waals surface area contributed by atoms with Crippen LogP contribution in [0.5, 0.6) is 5.75 Å². The van der Waals surface area contributed by atoms with Crippen LogP contribution >= 0.6 is 11.6 Å². The van der Waals surface area contributed by atoms with Crippen molar-refractivity contribution in [3.8, 4) is 5.75 Å². The largest absolute Gasteiger partial charge is 0.480 e. The van der Waals surface area contributed by atoms with Crippen LogP contribution in [-0.2, 0) is 22.6 Å². The van der Waals surface area contributed by atoms with E-state index in [9.17, 15) is 29.4 Å². The van der Waals surface area contributed by atoms with Crippen molar-refractivity contribution in [1.82, 2.24) is 4.90 Å². The summed E-state index contributed by atoms with van der Waals surface area (Å²) in [6.45, 7) is -0.720. The number of carboxylic acid groups (broad SMARTS) is 2. The average molecular weight is 567 g/mol. The molecule has 0 aromatic heterocycles. The van der Waals surface area contributed by atoms with Crippen LogP contribution in [0.1, 0.15) is 31.8 Å². The monoisotopic (exact) mass is 566 g/mol. The van der Waals surface area contributed by atoms with Crippen molar-refractivity contribution >= 4 is 47.1 Å². The topological polar surface area (TPSA) is 208 Å². The second-order valence-corrected chi connectivity index (χ2v) is 8.64. The first-order valence-corrected chi connectivity index (χ1v) is 11.8. The van der Waals surface area contributed by atoms with Crippen LogP contribution in [0, 0.1) is 5.41 Å². The molecule has 0 aliphatic carbocycles. The number of amides is 1. The number of rotatable bonds is 10. The van der Waals surface area contributed by atoms with Crippen molar-refractivity contribution in [2.75, 3.05) is 11.9 Å². The summed E-state index contributed by atoms with van der Waals surface area (Å²) in [6, 6.07) is 16.1. The van der Waals surface area contributed by atoms with Gasteiger partial charge in [0.05, 0.1) is 17.5 Å². The van der Waals surface area contributed by atoms with E-state index in [4.69, 9.17) is 27.6 Å². The number of guanidine groups is 1. The van der Waals surface area contributed by atoms with E-state index in [1.807, 2.05) is 0 Å². The number of nitrogens with zero attached hydrogens (tertiary/aromatic N) is 3. The zero-order valence-electron chi connectivity index (χ0n) is 20.7. The van der Waals surface area contributed by atoms with E-state index in [0.717, 1.165) is 4.90 Å². The number of hydrogen-bond acceptors (Lipinski definition) is 7. The van der Waals surface area contributed by atoms with Gasteiger partial charge in [-0.3, -0.25) is 15.0 Å². The highest BCUT2D eigenvalue weighted by atomic mass is 35.5. The van der Waals surface area contributed by atoms with Gasteiger partial charge in [-0.25, -0.2) is 9.59 Å². The Bertz CT molecular complexity index is 1480. The van der Waals surface area contributed by atoms with Gasteiger partial charge < -0.3 is 31.0 Å². The molecule has 0 unspecified atom stereocenters. The number of halogens is 1. The van der Waals surface area contributed by atoms with Gasteiger partial charge in [0, 0.05) is 17.3 Å². The summed E-state index contributed by atoms with van der Waals surface area (Å²) in [4.78, 5) is 49.2. The number of hydrogen-bond donors (Lipinski definition) is 5. The first-order valence-electron chi connectivity index (χ1n) is 11.4. The molecule has 0 radical (unpaired) electrons. The number of aliphatic carboxylic acids is 1. The van der Waals surface area contributed by atoms with E-state index in [-0.39, 0.29) is 40.8 Å². The normalized spacial score (nSPS) is 10.6. The molecule has 3 aromatic rings. The number of carbonyl (C=O) groups is 4. The van der Waals surface area contributed by atoms with Crippen LogP contribution in [0.4, 0.5) is 5.69 Å². The second kappa shape index (κ2) is 13.5. The zero-order chi connectivity index (χ0) is 29.2. The summed E-state index contributed by atoms with van der Waals surface area (Å²) in [7, 11) is 0. The highest BCUT2D eigenvalue weighted by Crippen LogP contribution is 2.25. The van der Waals surface area contributed by atoms with Crippen molar-refractivity contribution in [3.63, 3.8) is 0 Å². The summed E-state index contributed by atoms with van der Waals surface area (Å²) in [5.41, 5.74) is 1.51. The number of nitrogens with two attached hydrogens (primary N) is 1. The first kappa shape index (κ1) is 29.3. The molecule has 0 saturated carbocycles. The lowest BCUT2D eigenvalue weighted by Gasteiger charge is -2.21. The number of esters is 1. The summed E-state index contributed by atoms with van der Waals surface area (Å²) in [5, 5.41) is 35.0. The van der Waals surface area contributed by atoms with Crippen molar-refractivity contribution in [2.45, 2.75) is 13.0 Å². The molecule has 1 amide bonds. The highest BCUT2D eigenvalue weighted by molar-refractivity contribution is 6.31. The predicted octanol–water partition coefficient (Wildman–Crippen LogP) is 3.59. The lowest BCUT2D eigenvalue weighted by Crippen LogP contribution is -2.36. The molecule has 0 aliphatic rings. The van der Waals surface area contributed by atoms with E-state index < -0.39 is 30.4 Å². The minimum Gasteiger partial charge on any atom is -0.480 e. The first-order chi connectivity index (χ1) is 19.0. The van der Waals surface area contributed by atoms with Gasteiger partial charge >= 0.3 is 17.9 Å². The summed E-state index contributed by atoms with van der Waals surface area (Å²) in [6.07, 6.45) is -0.244. The fourth-order valence-corrected chi connectivity index (χ4v) is 3.74. The van der Waals surface area contributed by atoms with Gasteiger partial charge in [-0.1, -0.05) is 40.1 Å². The van der Waals surface area contributed by atoms with Gasteiger partial charge in [-0.05, 0) is 59.7 Å². The van der Waals surface area contributed by atoms with Crippen molar-refractivity contribution in [3.05, 3.63) is 94.0 Å². The van der Waals surface area contributed by atoms with Crippen LogP contribution in [0.2, 0.25) is 5.02 Å².